The molecule has 0 fully saturated rings. The van der Waals surface area contributed by atoms with Gasteiger partial charge < -0.3 is 9.09 Å². The molecule has 0 unspecified atom stereocenters. The molecule has 0 spiro atoms. The maximum absolute atomic E-state index is 5.93. The van der Waals surface area contributed by atoms with E-state index < -0.39 is 0 Å². The molecule has 0 aliphatic carbocycles. The average molecular weight is 263 g/mol. The number of aryl methyl sites for hydroxylation is 1. The molecule has 0 N–H and O–H groups in total. The summed E-state index contributed by atoms with van der Waals surface area (Å²) in [6.45, 7) is 2.47. The lowest BCUT2D eigenvalue weighted by atomic mass is 10.3. The van der Waals surface area contributed by atoms with Crippen molar-refractivity contribution in [2.45, 2.75) is 19.3 Å². The minimum Gasteiger partial charge on any atom is -0.361 e. The fraction of sp³-hybridized carbons (Fsp3) is 0.250. The van der Waals surface area contributed by atoms with Crippen molar-refractivity contribution < 1.29 is 4.52 Å². The molecule has 3 heterocycles. The van der Waals surface area contributed by atoms with E-state index >= 15 is 0 Å². The summed E-state index contributed by atoms with van der Waals surface area (Å²) in [5.41, 5.74) is 2.70. The van der Waals surface area contributed by atoms with E-state index in [4.69, 9.17) is 16.1 Å². The Hall–Kier alpha value is -1.88. The van der Waals surface area contributed by atoms with Gasteiger partial charge >= 0.3 is 0 Å². The van der Waals surface area contributed by atoms with Crippen LogP contribution in [0, 0.1) is 6.92 Å². The van der Waals surface area contributed by atoms with Crippen molar-refractivity contribution in [3.8, 4) is 0 Å². The smallest absolute Gasteiger partial charge is 0.133 e. The fourth-order valence-corrected chi connectivity index (χ4v) is 2.17. The van der Waals surface area contributed by atoms with Crippen molar-refractivity contribution in [1.82, 2.24) is 19.7 Å². The average Bonchev–Trinajstić information content (AvgIpc) is 2.94. The van der Waals surface area contributed by atoms with E-state index in [0.29, 0.717) is 12.4 Å². The summed E-state index contributed by atoms with van der Waals surface area (Å²) >= 11 is 5.93. The maximum Gasteiger partial charge on any atom is 0.133 e. The first-order chi connectivity index (χ1) is 8.78. The van der Waals surface area contributed by atoms with Gasteiger partial charge in [0.2, 0.25) is 0 Å². The van der Waals surface area contributed by atoms with Gasteiger partial charge in [0.15, 0.2) is 0 Å². The second-order valence-corrected chi connectivity index (χ2v) is 4.31. The Labute approximate surface area is 108 Å². The Morgan fingerprint density at radius 2 is 2.33 bits per heavy atom. The van der Waals surface area contributed by atoms with Crippen LogP contribution in [0.15, 0.2) is 29.0 Å². The van der Waals surface area contributed by atoms with Gasteiger partial charge in [-0.05, 0) is 13.0 Å². The first kappa shape index (κ1) is 11.2. The van der Waals surface area contributed by atoms with Crippen molar-refractivity contribution >= 4 is 22.6 Å². The molecular weight excluding hydrogens is 252 g/mol. The monoisotopic (exact) mass is 262 g/mol. The first-order valence-corrected chi connectivity index (χ1v) is 6.08. The van der Waals surface area contributed by atoms with Crippen LogP contribution in [0.5, 0.6) is 0 Å². The van der Waals surface area contributed by atoms with E-state index in [-0.39, 0.29) is 0 Å². The molecule has 3 rings (SSSR count). The maximum atomic E-state index is 5.93. The summed E-state index contributed by atoms with van der Waals surface area (Å²) in [6, 6.07) is 3.83. The second-order valence-electron chi connectivity index (χ2n) is 4.04. The van der Waals surface area contributed by atoms with Gasteiger partial charge in [0.05, 0.1) is 24.1 Å². The van der Waals surface area contributed by atoms with Crippen molar-refractivity contribution in [3.63, 3.8) is 0 Å². The van der Waals surface area contributed by atoms with E-state index in [1.165, 1.54) is 0 Å². The highest BCUT2D eigenvalue weighted by Gasteiger charge is 2.11. The summed E-state index contributed by atoms with van der Waals surface area (Å²) in [4.78, 5) is 8.50. The highest BCUT2D eigenvalue weighted by atomic mass is 35.5. The molecule has 0 aliphatic rings. The number of rotatable bonds is 3. The van der Waals surface area contributed by atoms with Crippen LogP contribution in [0.1, 0.15) is 17.3 Å². The number of pyridine rings is 1. The molecule has 0 bridgehead atoms. The molecule has 18 heavy (non-hydrogen) atoms. The zero-order valence-corrected chi connectivity index (χ0v) is 10.6. The van der Waals surface area contributed by atoms with Gasteiger partial charge in [0, 0.05) is 12.3 Å². The summed E-state index contributed by atoms with van der Waals surface area (Å²) < 4.78 is 7.10. The van der Waals surface area contributed by atoms with Crippen LogP contribution in [0.2, 0.25) is 0 Å². The molecule has 3 aromatic rings. The fourth-order valence-electron chi connectivity index (χ4n) is 1.96. The molecule has 0 aliphatic heterocycles. The molecule has 0 saturated heterocycles. The number of halogens is 1. The molecule has 0 aromatic carbocycles. The standard InChI is InChI=1S/C12H11ClN4O/c1-8-4-9(16-18-8)7-17-11-2-3-14-6-10(11)15-12(17)5-13/h2-4,6H,5,7H2,1H3. The van der Waals surface area contributed by atoms with Crippen LogP contribution in [0.4, 0.5) is 0 Å². The van der Waals surface area contributed by atoms with Gasteiger partial charge in [-0.25, -0.2) is 4.98 Å². The molecule has 0 saturated carbocycles. The Bertz CT molecular complexity index is 688. The van der Waals surface area contributed by atoms with Crippen molar-refractivity contribution in [2.24, 2.45) is 0 Å². The van der Waals surface area contributed by atoms with Crippen molar-refractivity contribution in [3.05, 3.63) is 41.8 Å². The van der Waals surface area contributed by atoms with Crippen LogP contribution < -0.4 is 0 Å². The van der Waals surface area contributed by atoms with E-state index in [1.807, 2.05) is 23.6 Å². The lowest BCUT2D eigenvalue weighted by Crippen LogP contribution is -2.04. The Balaban J connectivity index is 2.09. The molecule has 0 radical (unpaired) electrons. The minimum atomic E-state index is 0.353. The first-order valence-electron chi connectivity index (χ1n) is 5.55. The molecule has 6 heteroatoms. The number of fused-ring (bicyclic) bond motifs is 1. The second kappa shape index (κ2) is 4.42. The third-order valence-corrected chi connectivity index (χ3v) is 2.99. The molecular formula is C12H11ClN4O. The van der Waals surface area contributed by atoms with Gasteiger partial charge in [-0.3, -0.25) is 4.98 Å². The SMILES string of the molecule is Cc1cc(Cn2c(CCl)nc3cnccc32)no1. The number of alkyl halides is 1. The van der Waals surface area contributed by atoms with Crippen LogP contribution in [0.3, 0.4) is 0 Å². The molecule has 92 valence electrons. The third kappa shape index (κ3) is 1.86. The number of imidazole rings is 1. The molecule has 5 nitrogen and oxygen atoms in total. The van der Waals surface area contributed by atoms with Gasteiger partial charge in [-0.1, -0.05) is 5.16 Å². The minimum absolute atomic E-state index is 0.353. The normalized spacial score (nSPS) is 11.2. The summed E-state index contributed by atoms with van der Waals surface area (Å²) in [7, 11) is 0. The molecule has 3 aromatic heterocycles. The highest BCUT2D eigenvalue weighted by molar-refractivity contribution is 6.16. The van der Waals surface area contributed by atoms with Crippen LogP contribution in [-0.2, 0) is 12.4 Å². The third-order valence-electron chi connectivity index (χ3n) is 2.75. The lowest BCUT2D eigenvalue weighted by Gasteiger charge is -2.04. The molecule has 0 amide bonds. The summed E-state index contributed by atoms with van der Waals surface area (Å²) in [5, 5.41) is 3.99. The topological polar surface area (TPSA) is 56.7 Å². The van der Waals surface area contributed by atoms with E-state index in [0.717, 1.165) is 28.3 Å². The molecule has 0 atom stereocenters. The quantitative estimate of drug-likeness (QED) is 0.681. The number of hydrogen-bond donors (Lipinski definition) is 0. The van der Waals surface area contributed by atoms with Crippen molar-refractivity contribution in [2.75, 3.05) is 0 Å². The number of nitrogens with zero attached hydrogens (tertiary/aromatic N) is 4. The van der Waals surface area contributed by atoms with Crippen molar-refractivity contribution in [1.29, 1.82) is 0 Å². The van der Waals surface area contributed by atoms with Gasteiger partial charge in [0.1, 0.15) is 22.8 Å². The number of hydrogen-bond acceptors (Lipinski definition) is 4. The van der Waals surface area contributed by atoms with Crippen LogP contribution in [0.25, 0.3) is 11.0 Å². The summed E-state index contributed by atoms with van der Waals surface area (Å²) in [6.07, 6.45) is 3.47. The zero-order chi connectivity index (χ0) is 12.5. The lowest BCUT2D eigenvalue weighted by molar-refractivity contribution is 0.389. The van der Waals surface area contributed by atoms with E-state index in [9.17, 15) is 0 Å². The van der Waals surface area contributed by atoms with Gasteiger partial charge in [0.25, 0.3) is 0 Å². The van der Waals surface area contributed by atoms with Crippen LogP contribution >= 0.6 is 11.6 Å². The Morgan fingerprint density at radius 3 is 3.06 bits per heavy atom. The summed E-state index contributed by atoms with van der Waals surface area (Å²) in [5.74, 6) is 1.95. The predicted molar refractivity (Wildman–Crippen MR) is 67.4 cm³/mol. The highest BCUT2D eigenvalue weighted by Crippen LogP contribution is 2.18. The zero-order valence-electron chi connectivity index (χ0n) is 9.80. The van der Waals surface area contributed by atoms with Gasteiger partial charge in [-0.2, -0.15) is 0 Å². The Kier molecular flexibility index (Phi) is 2.76. The van der Waals surface area contributed by atoms with Crippen LogP contribution in [-0.4, -0.2) is 19.7 Å². The van der Waals surface area contributed by atoms with E-state index in [1.54, 1.807) is 12.4 Å². The Morgan fingerprint density at radius 1 is 1.44 bits per heavy atom. The van der Waals surface area contributed by atoms with Gasteiger partial charge in [-0.15, -0.1) is 11.6 Å². The largest absolute Gasteiger partial charge is 0.361 e. The number of aromatic nitrogens is 4. The van der Waals surface area contributed by atoms with E-state index in [2.05, 4.69) is 15.1 Å². The predicted octanol–water partition coefficient (Wildman–Crippen LogP) is 2.51.